The molecule has 2 bridgehead atoms. The van der Waals surface area contributed by atoms with Crippen molar-refractivity contribution in [2.24, 2.45) is 0 Å². The minimum absolute atomic E-state index is 0.514. The van der Waals surface area contributed by atoms with E-state index < -0.39 is 0 Å². The minimum atomic E-state index is 0.514. The summed E-state index contributed by atoms with van der Waals surface area (Å²) in [7, 11) is 0. The molecule has 3 fully saturated rings. The lowest BCUT2D eigenvalue weighted by molar-refractivity contribution is -0.180. The van der Waals surface area contributed by atoms with Gasteiger partial charge in [0.25, 0.3) is 0 Å². The number of morpholine rings is 1. The van der Waals surface area contributed by atoms with E-state index >= 15 is 0 Å². The van der Waals surface area contributed by atoms with Crippen molar-refractivity contribution in [2.75, 3.05) is 25.4 Å². The molecule has 2 N–H and O–H groups in total. The first-order valence-electron chi connectivity index (χ1n) is 6.02. The van der Waals surface area contributed by atoms with Crippen molar-refractivity contribution < 1.29 is 4.74 Å². The summed E-state index contributed by atoms with van der Waals surface area (Å²) >= 11 is 0. The van der Waals surface area contributed by atoms with Crippen LogP contribution in [0, 0.1) is 0 Å². The van der Waals surface area contributed by atoms with Crippen LogP contribution in [0.25, 0.3) is 0 Å². The number of nitrogen functional groups attached to an aromatic ring is 1. The fraction of sp³-hybridized carbons (Fsp3) is 0.538. The molecule has 4 rings (SSSR count). The zero-order chi connectivity index (χ0) is 11.0. The quantitative estimate of drug-likeness (QED) is 0.777. The summed E-state index contributed by atoms with van der Waals surface area (Å²) < 4.78 is 5.61. The summed E-state index contributed by atoms with van der Waals surface area (Å²) in [5, 5.41) is 0. The van der Waals surface area contributed by atoms with Gasteiger partial charge in [0, 0.05) is 31.7 Å². The molecule has 0 amide bonds. The number of hydrogen-bond donors (Lipinski definition) is 1. The number of nitrogens with two attached hydrogens (primary N) is 1. The molecule has 1 aromatic rings. The normalized spacial score (nSPS) is 28.8. The van der Waals surface area contributed by atoms with Gasteiger partial charge in [-0.15, -0.1) is 0 Å². The highest BCUT2D eigenvalue weighted by molar-refractivity contribution is 5.40. The Morgan fingerprint density at radius 3 is 2.75 bits per heavy atom. The van der Waals surface area contributed by atoms with Gasteiger partial charge in [0.05, 0.1) is 12.2 Å². The van der Waals surface area contributed by atoms with Crippen molar-refractivity contribution in [3.05, 3.63) is 29.8 Å². The summed E-state index contributed by atoms with van der Waals surface area (Å²) in [6, 6.07) is 8.19. The maximum atomic E-state index is 5.76. The lowest BCUT2D eigenvalue weighted by atomic mass is 9.98. The number of rotatable bonds is 3. The van der Waals surface area contributed by atoms with Crippen molar-refractivity contribution in [1.82, 2.24) is 4.90 Å². The van der Waals surface area contributed by atoms with Gasteiger partial charge < -0.3 is 10.5 Å². The highest BCUT2D eigenvalue weighted by atomic mass is 16.5. The highest BCUT2D eigenvalue weighted by Gasteiger charge is 2.37. The SMILES string of the molecule is Nc1cccc(CCN2CC3CC(C2)O3)c1. The van der Waals surface area contributed by atoms with E-state index in [9.17, 15) is 0 Å². The van der Waals surface area contributed by atoms with Gasteiger partial charge in [-0.2, -0.15) is 0 Å². The molecule has 0 spiro atoms. The molecule has 1 aromatic carbocycles. The number of piperidine rings is 1. The molecule has 3 aliphatic heterocycles. The van der Waals surface area contributed by atoms with E-state index in [4.69, 9.17) is 10.5 Å². The Hall–Kier alpha value is -1.06. The van der Waals surface area contributed by atoms with Gasteiger partial charge in [-0.1, -0.05) is 12.1 Å². The van der Waals surface area contributed by atoms with Gasteiger partial charge in [-0.3, -0.25) is 4.90 Å². The van der Waals surface area contributed by atoms with Crippen LogP contribution in [0.15, 0.2) is 24.3 Å². The van der Waals surface area contributed by atoms with Gasteiger partial charge in [-0.25, -0.2) is 0 Å². The molecule has 0 saturated carbocycles. The van der Waals surface area contributed by atoms with Crippen molar-refractivity contribution in [3.8, 4) is 0 Å². The Labute approximate surface area is 96.2 Å². The summed E-state index contributed by atoms with van der Waals surface area (Å²) in [5.74, 6) is 0. The molecule has 3 saturated heterocycles. The van der Waals surface area contributed by atoms with Crippen LogP contribution in [0.2, 0.25) is 0 Å². The van der Waals surface area contributed by atoms with Gasteiger partial charge in [0.1, 0.15) is 0 Å². The molecule has 0 radical (unpaired) electrons. The first-order chi connectivity index (χ1) is 7.79. The predicted octanol–water partition coefficient (Wildman–Crippen LogP) is 1.28. The Kier molecular flexibility index (Phi) is 2.58. The maximum Gasteiger partial charge on any atom is 0.0731 e. The number of benzene rings is 1. The van der Waals surface area contributed by atoms with E-state index in [1.54, 1.807) is 0 Å². The van der Waals surface area contributed by atoms with Gasteiger partial charge in [0.15, 0.2) is 0 Å². The smallest absolute Gasteiger partial charge is 0.0731 e. The van der Waals surface area contributed by atoms with E-state index in [0.717, 1.165) is 31.7 Å². The zero-order valence-corrected chi connectivity index (χ0v) is 9.43. The lowest BCUT2D eigenvalue weighted by Gasteiger charge is -2.47. The Balaban J connectivity index is 1.52. The van der Waals surface area contributed by atoms with Crippen molar-refractivity contribution >= 4 is 5.69 Å². The minimum Gasteiger partial charge on any atom is -0.399 e. The van der Waals surface area contributed by atoms with Crippen molar-refractivity contribution in [2.45, 2.75) is 25.0 Å². The zero-order valence-electron chi connectivity index (χ0n) is 9.43. The number of nitrogens with zero attached hydrogens (tertiary/aromatic N) is 1. The lowest BCUT2D eigenvalue weighted by Crippen LogP contribution is -2.57. The number of ether oxygens (including phenoxy) is 1. The van der Waals surface area contributed by atoms with E-state index in [1.165, 1.54) is 12.0 Å². The first kappa shape index (κ1) is 10.1. The molecule has 86 valence electrons. The second-order valence-corrected chi connectivity index (χ2v) is 4.87. The van der Waals surface area contributed by atoms with Crippen LogP contribution in [0.1, 0.15) is 12.0 Å². The van der Waals surface area contributed by atoms with E-state index in [0.29, 0.717) is 12.2 Å². The summed E-state index contributed by atoms with van der Waals surface area (Å²) in [5.41, 5.74) is 7.96. The van der Waals surface area contributed by atoms with Gasteiger partial charge >= 0.3 is 0 Å². The maximum absolute atomic E-state index is 5.76. The topological polar surface area (TPSA) is 38.5 Å². The summed E-state index contributed by atoms with van der Waals surface area (Å²) in [6.45, 7) is 3.34. The Bertz CT molecular complexity index is 364. The average Bonchev–Trinajstić information content (AvgIpc) is 2.26. The van der Waals surface area contributed by atoms with Crippen molar-refractivity contribution in [3.63, 3.8) is 0 Å². The summed E-state index contributed by atoms with van der Waals surface area (Å²) in [4.78, 5) is 2.51. The van der Waals surface area contributed by atoms with Gasteiger partial charge in [-0.05, 0) is 24.1 Å². The van der Waals surface area contributed by atoms with E-state index in [1.807, 2.05) is 12.1 Å². The summed E-state index contributed by atoms with van der Waals surface area (Å²) in [6.07, 6.45) is 3.39. The van der Waals surface area contributed by atoms with Crippen LogP contribution in [0.4, 0.5) is 5.69 Å². The predicted molar refractivity (Wildman–Crippen MR) is 64.3 cm³/mol. The molecule has 3 nitrogen and oxygen atoms in total. The third kappa shape index (κ3) is 2.06. The number of fused-ring (bicyclic) bond motifs is 2. The van der Waals surface area contributed by atoms with Crippen LogP contribution >= 0.6 is 0 Å². The molecule has 2 atom stereocenters. The van der Waals surface area contributed by atoms with Crippen LogP contribution in [-0.2, 0) is 11.2 Å². The molecule has 2 unspecified atom stereocenters. The van der Waals surface area contributed by atoms with E-state index in [-0.39, 0.29) is 0 Å². The molecular formula is C13H18N2O. The fourth-order valence-corrected chi connectivity index (χ4v) is 2.66. The average molecular weight is 218 g/mol. The number of anilines is 1. The molecule has 3 aliphatic rings. The second-order valence-electron chi connectivity index (χ2n) is 4.87. The Morgan fingerprint density at radius 2 is 2.06 bits per heavy atom. The molecule has 3 heterocycles. The van der Waals surface area contributed by atoms with E-state index in [2.05, 4.69) is 17.0 Å². The number of hydrogen-bond acceptors (Lipinski definition) is 3. The fourth-order valence-electron chi connectivity index (χ4n) is 2.66. The standard InChI is InChI=1S/C13H18N2O/c14-11-3-1-2-10(6-11)4-5-15-8-12-7-13(9-15)16-12/h1-3,6,12-13H,4-5,7-9,14H2. The Morgan fingerprint density at radius 1 is 1.31 bits per heavy atom. The third-order valence-corrected chi connectivity index (χ3v) is 3.50. The largest absolute Gasteiger partial charge is 0.399 e. The first-order valence-corrected chi connectivity index (χ1v) is 6.02. The van der Waals surface area contributed by atoms with Crippen molar-refractivity contribution in [1.29, 1.82) is 0 Å². The van der Waals surface area contributed by atoms with Crippen LogP contribution in [-0.4, -0.2) is 36.7 Å². The van der Waals surface area contributed by atoms with Crippen LogP contribution in [0.5, 0.6) is 0 Å². The molecule has 0 aliphatic carbocycles. The molecular weight excluding hydrogens is 200 g/mol. The molecule has 0 aromatic heterocycles. The van der Waals surface area contributed by atoms with Crippen LogP contribution in [0.3, 0.4) is 0 Å². The highest BCUT2D eigenvalue weighted by Crippen LogP contribution is 2.27. The monoisotopic (exact) mass is 218 g/mol. The molecule has 3 heteroatoms. The third-order valence-electron chi connectivity index (χ3n) is 3.50. The molecule has 16 heavy (non-hydrogen) atoms. The van der Waals surface area contributed by atoms with Gasteiger partial charge in [0.2, 0.25) is 0 Å². The van der Waals surface area contributed by atoms with Crippen LogP contribution < -0.4 is 5.73 Å². The second kappa shape index (κ2) is 4.07.